The maximum absolute atomic E-state index is 10.9. The highest BCUT2D eigenvalue weighted by molar-refractivity contribution is 9.10. The molecular weight excluding hydrogens is 326 g/mol. The molecular formula is C14H14BrNO4. The number of ether oxygens (including phenoxy) is 1. The molecule has 0 atom stereocenters. The van der Waals surface area contributed by atoms with E-state index in [-0.39, 0.29) is 5.76 Å². The first kappa shape index (κ1) is 14.6. The summed E-state index contributed by atoms with van der Waals surface area (Å²) in [7, 11) is 1.62. The Hall–Kier alpha value is -1.82. The molecule has 0 aliphatic heterocycles. The van der Waals surface area contributed by atoms with E-state index in [0.29, 0.717) is 5.69 Å². The summed E-state index contributed by atoms with van der Waals surface area (Å²) in [5.74, 6) is -0.544. The molecule has 5 nitrogen and oxygen atoms in total. The zero-order valence-electron chi connectivity index (χ0n) is 11.6. The van der Waals surface area contributed by atoms with Crippen LogP contribution in [0.25, 0.3) is 11.3 Å². The minimum atomic E-state index is -1.14. The molecule has 20 heavy (non-hydrogen) atoms. The average molecular weight is 340 g/mol. The summed E-state index contributed by atoms with van der Waals surface area (Å²) in [5, 5.41) is 12.8. The number of carboxylic acid groups (broad SMARTS) is 1. The van der Waals surface area contributed by atoms with Gasteiger partial charge in [0.2, 0.25) is 5.76 Å². The Morgan fingerprint density at radius 2 is 1.95 bits per heavy atom. The van der Waals surface area contributed by atoms with Crippen LogP contribution in [-0.2, 0) is 0 Å². The lowest BCUT2D eigenvalue weighted by atomic mass is 9.95. The smallest absolute Gasteiger partial charge is 0.374 e. The van der Waals surface area contributed by atoms with E-state index in [1.54, 1.807) is 7.11 Å². The minimum absolute atomic E-state index is 0.177. The van der Waals surface area contributed by atoms with E-state index in [0.717, 1.165) is 32.5 Å². The third-order valence-corrected chi connectivity index (χ3v) is 4.32. The number of hydrogen-bond acceptors (Lipinski definition) is 4. The summed E-state index contributed by atoms with van der Waals surface area (Å²) in [5.41, 5.74) is 4.23. The van der Waals surface area contributed by atoms with Crippen LogP contribution in [0.4, 0.5) is 0 Å². The summed E-state index contributed by atoms with van der Waals surface area (Å²) in [6.45, 7) is 5.81. The van der Waals surface area contributed by atoms with Crippen LogP contribution < -0.4 is 4.74 Å². The van der Waals surface area contributed by atoms with E-state index >= 15 is 0 Å². The number of rotatable bonds is 3. The second-order valence-electron chi connectivity index (χ2n) is 4.48. The fourth-order valence-corrected chi connectivity index (χ4v) is 2.86. The van der Waals surface area contributed by atoms with Gasteiger partial charge in [-0.25, -0.2) is 4.79 Å². The molecule has 1 N–H and O–H groups in total. The second-order valence-corrected chi connectivity index (χ2v) is 5.27. The van der Waals surface area contributed by atoms with Crippen molar-refractivity contribution >= 4 is 21.9 Å². The summed E-state index contributed by atoms with van der Waals surface area (Å²) >= 11 is 3.51. The largest absolute Gasteiger partial charge is 0.495 e. The van der Waals surface area contributed by atoms with Crippen molar-refractivity contribution in [3.63, 3.8) is 0 Å². The fourth-order valence-electron chi connectivity index (χ4n) is 2.20. The SMILES string of the molecule is COc1c(C)c(C)c(-c2cc(C(=O)O)on2)c(C)c1Br. The van der Waals surface area contributed by atoms with Crippen molar-refractivity contribution < 1.29 is 19.2 Å². The van der Waals surface area contributed by atoms with Crippen LogP contribution >= 0.6 is 15.9 Å². The first-order valence-corrected chi connectivity index (χ1v) is 6.71. The number of aromatic nitrogens is 1. The van der Waals surface area contributed by atoms with Crippen molar-refractivity contribution in [2.45, 2.75) is 20.8 Å². The predicted molar refractivity (Wildman–Crippen MR) is 77.4 cm³/mol. The van der Waals surface area contributed by atoms with Gasteiger partial charge in [-0.3, -0.25) is 0 Å². The van der Waals surface area contributed by atoms with Crippen LogP contribution in [0.3, 0.4) is 0 Å². The molecule has 1 aromatic carbocycles. The van der Waals surface area contributed by atoms with Gasteiger partial charge in [0.25, 0.3) is 0 Å². The summed E-state index contributed by atoms with van der Waals surface area (Å²) in [6, 6.07) is 1.43. The first-order chi connectivity index (χ1) is 9.38. The Labute approximate surface area is 124 Å². The van der Waals surface area contributed by atoms with Crippen LogP contribution in [0, 0.1) is 20.8 Å². The van der Waals surface area contributed by atoms with Crippen molar-refractivity contribution in [2.24, 2.45) is 0 Å². The Kier molecular flexibility index (Phi) is 3.85. The summed E-state index contributed by atoms with van der Waals surface area (Å²) in [6.07, 6.45) is 0. The maximum atomic E-state index is 10.9. The summed E-state index contributed by atoms with van der Waals surface area (Å²) in [4.78, 5) is 10.9. The molecule has 2 rings (SSSR count). The maximum Gasteiger partial charge on any atom is 0.374 e. The molecule has 1 heterocycles. The molecule has 0 saturated carbocycles. The van der Waals surface area contributed by atoms with E-state index in [1.807, 2.05) is 20.8 Å². The normalized spacial score (nSPS) is 10.7. The molecule has 1 aromatic heterocycles. The van der Waals surface area contributed by atoms with Gasteiger partial charge in [0.05, 0.1) is 11.6 Å². The lowest BCUT2D eigenvalue weighted by Crippen LogP contribution is -1.98. The molecule has 0 unspecified atom stereocenters. The van der Waals surface area contributed by atoms with Gasteiger partial charge in [0.1, 0.15) is 11.4 Å². The number of nitrogens with zero attached hydrogens (tertiary/aromatic N) is 1. The van der Waals surface area contributed by atoms with Crippen LogP contribution in [0.2, 0.25) is 0 Å². The number of benzene rings is 1. The van der Waals surface area contributed by atoms with Gasteiger partial charge in [-0.1, -0.05) is 5.16 Å². The van der Waals surface area contributed by atoms with Gasteiger partial charge in [-0.15, -0.1) is 0 Å². The van der Waals surface area contributed by atoms with Gasteiger partial charge in [-0.05, 0) is 53.4 Å². The van der Waals surface area contributed by atoms with E-state index in [2.05, 4.69) is 21.1 Å². The van der Waals surface area contributed by atoms with Gasteiger partial charge in [-0.2, -0.15) is 0 Å². The molecule has 0 bridgehead atoms. The number of carboxylic acids is 1. The molecule has 2 aromatic rings. The molecule has 0 saturated heterocycles. The molecule has 0 spiro atoms. The highest BCUT2D eigenvalue weighted by Crippen LogP contribution is 2.41. The zero-order chi connectivity index (χ0) is 15.0. The highest BCUT2D eigenvalue weighted by atomic mass is 79.9. The third kappa shape index (κ3) is 2.20. The lowest BCUT2D eigenvalue weighted by Gasteiger charge is -2.17. The number of hydrogen-bond donors (Lipinski definition) is 1. The van der Waals surface area contributed by atoms with Crippen molar-refractivity contribution in [1.29, 1.82) is 0 Å². The Morgan fingerprint density at radius 3 is 2.45 bits per heavy atom. The summed E-state index contributed by atoms with van der Waals surface area (Å²) < 4.78 is 11.0. The van der Waals surface area contributed by atoms with Crippen LogP contribution in [0.1, 0.15) is 27.2 Å². The quantitative estimate of drug-likeness (QED) is 0.922. The van der Waals surface area contributed by atoms with Crippen molar-refractivity contribution in [1.82, 2.24) is 5.16 Å². The molecule has 0 radical (unpaired) electrons. The predicted octanol–water partition coefficient (Wildman–Crippen LogP) is 3.74. The van der Waals surface area contributed by atoms with Gasteiger partial charge in [0.15, 0.2) is 0 Å². The number of aromatic carboxylic acids is 1. The van der Waals surface area contributed by atoms with Crippen molar-refractivity contribution in [3.8, 4) is 17.0 Å². The molecule has 0 fully saturated rings. The van der Waals surface area contributed by atoms with Crippen molar-refractivity contribution in [3.05, 3.63) is 33.0 Å². The Bertz CT molecular complexity index is 662. The topological polar surface area (TPSA) is 72.6 Å². The number of methoxy groups -OCH3 is 1. The average Bonchev–Trinajstić information content (AvgIpc) is 2.87. The minimum Gasteiger partial charge on any atom is -0.495 e. The van der Waals surface area contributed by atoms with Gasteiger partial charge >= 0.3 is 5.97 Å². The molecule has 0 aliphatic rings. The van der Waals surface area contributed by atoms with E-state index in [4.69, 9.17) is 14.4 Å². The fraction of sp³-hybridized carbons (Fsp3) is 0.286. The molecule has 106 valence electrons. The second kappa shape index (κ2) is 5.28. The molecule has 0 amide bonds. The zero-order valence-corrected chi connectivity index (χ0v) is 13.2. The first-order valence-electron chi connectivity index (χ1n) is 5.92. The molecule has 0 aliphatic carbocycles. The van der Waals surface area contributed by atoms with Crippen LogP contribution in [0.5, 0.6) is 5.75 Å². The Morgan fingerprint density at radius 1 is 1.30 bits per heavy atom. The van der Waals surface area contributed by atoms with Gasteiger partial charge in [0, 0.05) is 11.6 Å². The van der Waals surface area contributed by atoms with E-state index in [1.165, 1.54) is 6.07 Å². The third-order valence-electron chi connectivity index (χ3n) is 3.36. The monoisotopic (exact) mass is 339 g/mol. The Balaban J connectivity index is 2.71. The standard InChI is InChI=1S/C14H14BrNO4/c1-6-7(2)13(19-4)12(15)8(3)11(6)9-5-10(14(17)18)20-16-9/h5H,1-4H3,(H,17,18). The highest BCUT2D eigenvalue weighted by Gasteiger charge is 2.21. The van der Waals surface area contributed by atoms with Crippen LogP contribution in [-0.4, -0.2) is 23.3 Å². The van der Waals surface area contributed by atoms with E-state index in [9.17, 15) is 4.79 Å². The lowest BCUT2D eigenvalue weighted by molar-refractivity contribution is 0.0652. The van der Waals surface area contributed by atoms with Gasteiger partial charge < -0.3 is 14.4 Å². The van der Waals surface area contributed by atoms with Crippen LogP contribution in [0.15, 0.2) is 15.1 Å². The van der Waals surface area contributed by atoms with Crippen molar-refractivity contribution in [2.75, 3.05) is 7.11 Å². The molecule has 6 heteroatoms. The van der Waals surface area contributed by atoms with E-state index < -0.39 is 5.97 Å². The number of carbonyl (C=O) groups is 1. The number of halogens is 1.